The first-order valence-corrected chi connectivity index (χ1v) is 11.5. The number of ketones is 1. The van der Waals surface area contributed by atoms with Crippen LogP contribution < -0.4 is 9.47 Å². The van der Waals surface area contributed by atoms with E-state index in [1.807, 2.05) is 6.92 Å². The predicted octanol–water partition coefficient (Wildman–Crippen LogP) is 6.28. The molecule has 1 saturated heterocycles. The van der Waals surface area contributed by atoms with E-state index in [2.05, 4.69) is 0 Å². The van der Waals surface area contributed by atoms with Gasteiger partial charge < -0.3 is 19.5 Å². The highest BCUT2D eigenvalue weighted by Crippen LogP contribution is 2.47. The molecule has 0 radical (unpaired) electrons. The summed E-state index contributed by atoms with van der Waals surface area (Å²) >= 11 is 18.7. The number of carbonyl (C=O) groups excluding carboxylic acids is 2. The SMILES string of the molecule is CCCCCN1C(=O)C(=O)/C(=C(/O)c2cc(Cl)c(OC)c(Cl)c2OC)C1c1ccc(Cl)cc1. The maximum Gasteiger partial charge on any atom is 0.295 e. The van der Waals surface area contributed by atoms with Gasteiger partial charge in [0, 0.05) is 11.6 Å². The van der Waals surface area contributed by atoms with E-state index in [-0.39, 0.29) is 32.7 Å². The average molecular weight is 513 g/mol. The van der Waals surface area contributed by atoms with Gasteiger partial charge in [-0.3, -0.25) is 9.59 Å². The van der Waals surface area contributed by atoms with Crippen LogP contribution in [0.15, 0.2) is 35.9 Å². The van der Waals surface area contributed by atoms with Crippen LogP contribution in [0.5, 0.6) is 11.5 Å². The lowest BCUT2D eigenvalue weighted by Crippen LogP contribution is -2.30. The zero-order chi connectivity index (χ0) is 24.3. The van der Waals surface area contributed by atoms with Crippen molar-refractivity contribution in [3.8, 4) is 11.5 Å². The molecule has 3 rings (SSSR count). The quantitative estimate of drug-likeness (QED) is 0.195. The average Bonchev–Trinajstić information content (AvgIpc) is 3.04. The number of rotatable bonds is 8. The maximum atomic E-state index is 13.1. The summed E-state index contributed by atoms with van der Waals surface area (Å²) in [7, 11) is 2.76. The zero-order valence-corrected chi connectivity index (χ0v) is 20.7. The van der Waals surface area contributed by atoms with Gasteiger partial charge in [-0.15, -0.1) is 0 Å². The van der Waals surface area contributed by atoms with Crippen LogP contribution in [0, 0.1) is 0 Å². The summed E-state index contributed by atoms with van der Waals surface area (Å²) in [6.45, 7) is 2.41. The number of hydrogen-bond donors (Lipinski definition) is 1. The molecule has 1 aliphatic heterocycles. The number of nitrogens with zero attached hydrogens (tertiary/aromatic N) is 1. The maximum absolute atomic E-state index is 13.1. The van der Waals surface area contributed by atoms with Crippen molar-refractivity contribution < 1.29 is 24.2 Å². The van der Waals surface area contributed by atoms with Gasteiger partial charge in [0.05, 0.1) is 36.4 Å². The number of hydrogen-bond acceptors (Lipinski definition) is 5. The number of ether oxygens (including phenoxy) is 2. The second-order valence-corrected chi connectivity index (χ2v) is 8.76. The fraction of sp³-hybridized carbons (Fsp3) is 0.333. The Morgan fingerprint density at radius 2 is 1.67 bits per heavy atom. The minimum Gasteiger partial charge on any atom is -0.507 e. The summed E-state index contributed by atoms with van der Waals surface area (Å²) in [4.78, 5) is 27.6. The third-order valence-electron chi connectivity index (χ3n) is 5.52. The molecule has 1 aliphatic rings. The summed E-state index contributed by atoms with van der Waals surface area (Å²) in [6.07, 6.45) is 2.57. The van der Waals surface area contributed by atoms with Gasteiger partial charge >= 0.3 is 0 Å². The second-order valence-electron chi connectivity index (χ2n) is 7.54. The molecule has 1 unspecified atom stereocenters. The third-order valence-corrected chi connectivity index (χ3v) is 6.40. The number of unbranched alkanes of at least 4 members (excludes halogenated alkanes) is 2. The number of likely N-dealkylation sites (tertiary alicyclic amines) is 1. The van der Waals surface area contributed by atoms with E-state index in [9.17, 15) is 14.7 Å². The first-order valence-electron chi connectivity index (χ1n) is 10.4. The van der Waals surface area contributed by atoms with E-state index in [0.717, 1.165) is 19.3 Å². The topological polar surface area (TPSA) is 76.1 Å². The van der Waals surface area contributed by atoms with Gasteiger partial charge in [-0.05, 0) is 30.2 Å². The monoisotopic (exact) mass is 511 g/mol. The molecule has 2 aromatic carbocycles. The van der Waals surface area contributed by atoms with Crippen LogP contribution in [0.2, 0.25) is 15.1 Å². The van der Waals surface area contributed by atoms with Crippen LogP contribution in [0.1, 0.15) is 43.4 Å². The molecule has 9 heteroatoms. The van der Waals surface area contributed by atoms with E-state index in [1.165, 1.54) is 25.2 Å². The Hall–Kier alpha value is -2.41. The Kier molecular flexibility index (Phi) is 8.16. The number of amides is 1. The van der Waals surface area contributed by atoms with Crippen molar-refractivity contribution in [2.75, 3.05) is 20.8 Å². The van der Waals surface area contributed by atoms with Gasteiger partial charge in [-0.2, -0.15) is 0 Å². The van der Waals surface area contributed by atoms with Gasteiger partial charge in [0.15, 0.2) is 11.5 Å². The lowest BCUT2D eigenvalue weighted by molar-refractivity contribution is -0.139. The van der Waals surface area contributed by atoms with E-state index in [0.29, 0.717) is 17.1 Å². The first-order chi connectivity index (χ1) is 15.8. The molecule has 6 nitrogen and oxygen atoms in total. The van der Waals surface area contributed by atoms with Crippen molar-refractivity contribution in [1.82, 2.24) is 4.90 Å². The van der Waals surface area contributed by atoms with Crippen molar-refractivity contribution in [2.24, 2.45) is 0 Å². The second kappa shape index (κ2) is 10.7. The number of halogens is 3. The molecule has 0 aromatic heterocycles. The Labute approximate surface area is 207 Å². The number of methoxy groups -OCH3 is 2. The van der Waals surface area contributed by atoms with Crippen molar-refractivity contribution in [3.63, 3.8) is 0 Å². The van der Waals surface area contributed by atoms with Gasteiger partial charge in [-0.1, -0.05) is 66.7 Å². The Balaban J connectivity index is 2.24. The van der Waals surface area contributed by atoms with E-state index in [1.54, 1.807) is 24.3 Å². The van der Waals surface area contributed by atoms with Crippen molar-refractivity contribution in [1.29, 1.82) is 0 Å². The molecule has 33 heavy (non-hydrogen) atoms. The molecular weight excluding hydrogens is 489 g/mol. The fourth-order valence-corrected chi connectivity index (χ4v) is 4.74. The largest absolute Gasteiger partial charge is 0.507 e. The lowest BCUT2D eigenvalue weighted by atomic mass is 9.95. The van der Waals surface area contributed by atoms with Crippen LogP contribution in [-0.4, -0.2) is 42.5 Å². The lowest BCUT2D eigenvalue weighted by Gasteiger charge is -2.25. The highest BCUT2D eigenvalue weighted by atomic mass is 35.5. The van der Waals surface area contributed by atoms with E-state index < -0.39 is 23.5 Å². The molecule has 0 bridgehead atoms. The Morgan fingerprint density at radius 3 is 2.24 bits per heavy atom. The van der Waals surface area contributed by atoms with Crippen molar-refractivity contribution >= 4 is 52.3 Å². The van der Waals surface area contributed by atoms with Gasteiger partial charge in [-0.25, -0.2) is 0 Å². The van der Waals surface area contributed by atoms with Crippen LogP contribution in [0.3, 0.4) is 0 Å². The summed E-state index contributed by atoms with van der Waals surface area (Å²) in [5, 5.41) is 12.0. The van der Waals surface area contributed by atoms with Gasteiger partial charge in [0.25, 0.3) is 11.7 Å². The number of benzene rings is 2. The summed E-state index contributed by atoms with van der Waals surface area (Å²) < 4.78 is 10.6. The molecule has 1 heterocycles. The first kappa shape index (κ1) is 25.2. The molecule has 0 aliphatic carbocycles. The smallest absolute Gasteiger partial charge is 0.295 e. The predicted molar refractivity (Wildman–Crippen MR) is 130 cm³/mol. The summed E-state index contributed by atoms with van der Waals surface area (Å²) in [5.74, 6) is -1.68. The number of Topliss-reactive ketones (excluding diaryl/α,β-unsaturated/α-hetero) is 1. The van der Waals surface area contributed by atoms with Crippen LogP contribution >= 0.6 is 34.8 Å². The van der Waals surface area contributed by atoms with Gasteiger partial charge in [0.2, 0.25) is 0 Å². The molecular formula is C24H24Cl3NO5. The molecule has 176 valence electrons. The van der Waals surface area contributed by atoms with Crippen LogP contribution in [0.25, 0.3) is 5.76 Å². The minimum absolute atomic E-state index is 0.0364. The number of aliphatic hydroxyl groups excluding tert-OH is 1. The van der Waals surface area contributed by atoms with Crippen molar-refractivity contribution in [2.45, 2.75) is 32.2 Å². The van der Waals surface area contributed by atoms with E-state index >= 15 is 0 Å². The fourth-order valence-electron chi connectivity index (χ4n) is 3.93. The Bertz CT molecular complexity index is 1100. The normalized spacial score (nSPS) is 17.5. The molecule has 2 aromatic rings. The number of carbonyl (C=O) groups is 2. The molecule has 0 saturated carbocycles. The zero-order valence-electron chi connectivity index (χ0n) is 18.5. The molecule has 1 fully saturated rings. The highest BCUT2D eigenvalue weighted by molar-refractivity contribution is 6.47. The minimum atomic E-state index is -0.802. The summed E-state index contributed by atoms with van der Waals surface area (Å²) in [5.41, 5.74) is 0.648. The van der Waals surface area contributed by atoms with Gasteiger partial charge in [0.1, 0.15) is 10.8 Å². The van der Waals surface area contributed by atoms with Crippen molar-refractivity contribution in [3.05, 3.63) is 62.1 Å². The molecule has 1 atom stereocenters. The van der Waals surface area contributed by atoms with E-state index in [4.69, 9.17) is 44.3 Å². The summed E-state index contributed by atoms with van der Waals surface area (Å²) in [6, 6.07) is 7.39. The molecule has 1 amide bonds. The molecule has 0 spiro atoms. The number of aliphatic hydroxyl groups is 1. The molecule has 1 N–H and O–H groups in total. The van der Waals surface area contributed by atoms with Crippen LogP contribution in [-0.2, 0) is 9.59 Å². The Morgan fingerprint density at radius 1 is 1.03 bits per heavy atom. The third kappa shape index (κ3) is 4.79. The van der Waals surface area contributed by atoms with Crippen LogP contribution in [0.4, 0.5) is 0 Å². The standard InChI is InChI=1S/C24H24Cl3NO5/c1-4-5-6-11-28-19(13-7-9-14(25)10-8-13)17(21(30)24(28)31)20(29)15-12-16(26)23(33-3)18(27)22(15)32-2/h7-10,12,19,29H,4-6,11H2,1-3H3/b20-17+. The highest BCUT2D eigenvalue weighted by Gasteiger charge is 2.46.